The molecule has 0 atom stereocenters. The fraction of sp³-hybridized carbons (Fsp3) is 0.0455. The highest BCUT2D eigenvalue weighted by Crippen LogP contribution is 2.35. The Kier molecular flexibility index (Phi) is 6.19. The lowest BCUT2D eigenvalue weighted by Gasteiger charge is -2.11. The fourth-order valence-electron chi connectivity index (χ4n) is 2.78. The monoisotopic (exact) mass is 448 g/mol. The maximum atomic E-state index is 12.6. The van der Waals surface area contributed by atoms with Crippen LogP contribution in [-0.4, -0.2) is 26.5 Å². The van der Waals surface area contributed by atoms with Crippen LogP contribution in [0.25, 0.3) is 21.8 Å². The molecule has 0 amide bonds. The van der Waals surface area contributed by atoms with E-state index >= 15 is 0 Å². The second-order valence-corrected chi connectivity index (χ2v) is 8.48. The molecule has 0 radical (unpaired) electrons. The van der Waals surface area contributed by atoms with Gasteiger partial charge in [-0.1, -0.05) is 29.4 Å². The zero-order chi connectivity index (χ0) is 20.9. The van der Waals surface area contributed by atoms with Crippen molar-refractivity contribution in [2.24, 2.45) is 0 Å². The van der Waals surface area contributed by atoms with Crippen molar-refractivity contribution in [1.82, 2.24) is 15.0 Å². The number of thiophene rings is 1. The van der Waals surface area contributed by atoms with Gasteiger partial charge in [-0.2, -0.15) is 5.26 Å². The molecule has 0 unspecified atom stereocenters. The van der Waals surface area contributed by atoms with Gasteiger partial charge in [0.05, 0.1) is 23.2 Å². The average molecular weight is 449 g/mol. The first-order chi connectivity index (χ1) is 14.7. The van der Waals surface area contributed by atoms with E-state index in [4.69, 9.17) is 11.6 Å². The summed E-state index contributed by atoms with van der Waals surface area (Å²) in [5.41, 5.74) is 2.98. The number of carbonyl (C=O) groups is 1. The van der Waals surface area contributed by atoms with Crippen LogP contribution in [0.1, 0.15) is 15.9 Å². The Bertz CT molecular complexity index is 1220. The predicted octanol–water partition coefficient (Wildman–Crippen LogP) is 5.77. The number of nitrogens with zero attached hydrogens (tertiary/aromatic N) is 4. The van der Waals surface area contributed by atoms with E-state index in [0.29, 0.717) is 32.6 Å². The van der Waals surface area contributed by atoms with Crippen LogP contribution in [0, 0.1) is 11.3 Å². The molecule has 8 heteroatoms. The van der Waals surface area contributed by atoms with Crippen LogP contribution in [0.3, 0.4) is 0 Å². The van der Waals surface area contributed by atoms with Crippen LogP contribution in [0.5, 0.6) is 0 Å². The number of Topliss-reactive ketones (excluding diaryl/α,β-unsaturated/α-hetero) is 1. The third-order valence-corrected chi connectivity index (χ3v) is 6.35. The molecule has 0 aliphatic heterocycles. The number of carbonyl (C=O) groups excluding carboxylic acids is 1. The van der Waals surface area contributed by atoms with Gasteiger partial charge in [-0.25, -0.2) is 4.98 Å². The van der Waals surface area contributed by atoms with Gasteiger partial charge in [0.2, 0.25) is 0 Å². The maximum absolute atomic E-state index is 12.6. The molecule has 0 saturated heterocycles. The molecule has 5 nitrogen and oxygen atoms in total. The topological polar surface area (TPSA) is 79.5 Å². The molecular weight excluding hydrogens is 436 g/mol. The molecule has 3 heterocycles. The smallest absolute Gasteiger partial charge is 0.173 e. The van der Waals surface area contributed by atoms with E-state index in [1.54, 1.807) is 42.9 Å². The van der Waals surface area contributed by atoms with E-state index < -0.39 is 0 Å². The summed E-state index contributed by atoms with van der Waals surface area (Å²) in [5.74, 6) is 0.0850. The van der Waals surface area contributed by atoms with E-state index in [9.17, 15) is 10.1 Å². The third-order valence-electron chi connectivity index (χ3n) is 4.22. The number of benzene rings is 1. The predicted molar refractivity (Wildman–Crippen MR) is 120 cm³/mol. The zero-order valence-corrected chi connectivity index (χ0v) is 17.8. The van der Waals surface area contributed by atoms with Gasteiger partial charge in [0.1, 0.15) is 16.8 Å². The Morgan fingerprint density at radius 3 is 2.67 bits per heavy atom. The fourth-order valence-corrected chi connectivity index (χ4v) is 4.55. The molecule has 0 aliphatic rings. The number of thioether (sulfide) groups is 1. The Balaban J connectivity index is 1.72. The van der Waals surface area contributed by atoms with Gasteiger partial charge in [-0.3, -0.25) is 14.8 Å². The van der Waals surface area contributed by atoms with Crippen LogP contribution in [-0.2, 0) is 0 Å². The lowest BCUT2D eigenvalue weighted by atomic mass is 10.1. The number of hydrogen-bond acceptors (Lipinski definition) is 7. The number of hydrogen-bond donors (Lipinski definition) is 0. The molecule has 0 fully saturated rings. The minimum absolute atomic E-state index is 0.0649. The molecule has 4 aromatic rings. The van der Waals surface area contributed by atoms with Crippen molar-refractivity contribution in [3.8, 4) is 27.9 Å². The summed E-state index contributed by atoms with van der Waals surface area (Å²) >= 11 is 8.67. The number of ketones is 1. The van der Waals surface area contributed by atoms with Gasteiger partial charge in [0, 0.05) is 33.4 Å². The van der Waals surface area contributed by atoms with E-state index in [1.165, 1.54) is 23.1 Å². The van der Waals surface area contributed by atoms with Crippen LogP contribution < -0.4 is 0 Å². The van der Waals surface area contributed by atoms with Crippen molar-refractivity contribution in [2.75, 3.05) is 5.75 Å². The highest BCUT2D eigenvalue weighted by atomic mass is 35.5. The molecule has 0 bridgehead atoms. The lowest BCUT2D eigenvalue weighted by Crippen LogP contribution is -2.04. The second kappa shape index (κ2) is 9.18. The van der Waals surface area contributed by atoms with Crippen molar-refractivity contribution in [3.05, 3.63) is 82.6 Å². The quantitative estimate of drug-likeness (QED) is 0.275. The van der Waals surface area contributed by atoms with Gasteiger partial charge in [0.15, 0.2) is 5.78 Å². The van der Waals surface area contributed by atoms with E-state index in [2.05, 4.69) is 21.0 Å². The SMILES string of the molecule is N#Cc1c(-c2cccs2)cc(-c2cnccn2)nc1SCC(=O)c1ccc(Cl)cc1. The Morgan fingerprint density at radius 2 is 2.00 bits per heavy atom. The number of aromatic nitrogens is 3. The Labute approximate surface area is 186 Å². The molecule has 0 spiro atoms. The lowest BCUT2D eigenvalue weighted by molar-refractivity contribution is 0.102. The summed E-state index contributed by atoms with van der Waals surface area (Å²) < 4.78 is 0. The highest BCUT2D eigenvalue weighted by molar-refractivity contribution is 8.00. The molecule has 0 aliphatic carbocycles. The standard InChI is InChI=1S/C22H13ClN4OS2/c23-15-5-3-14(4-6-15)20(28)13-30-22-17(11-24)16(21-2-1-9-29-21)10-18(27-22)19-12-25-7-8-26-19/h1-10,12H,13H2. The van der Waals surface area contributed by atoms with E-state index in [1.807, 2.05) is 23.6 Å². The summed E-state index contributed by atoms with van der Waals surface area (Å²) in [6.45, 7) is 0. The van der Waals surface area contributed by atoms with Gasteiger partial charge in [-0.05, 0) is 41.8 Å². The van der Waals surface area contributed by atoms with Gasteiger partial charge in [0.25, 0.3) is 0 Å². The summed E-state index contributed by atoms with van der Waals surface area (Å²) in [4.78, 5) is 26.6. The second-order valence-electron chi connectivity index (χ2n) is 6.13. The van der Waals surface area contributed by atoms with Crippen LogP contribution in [0.2, 0.25) is 5.02 Å². The van der Waals surface area contributed by atoms with Gasteiger partial charge in [-0.15, -0.1) is 11.3 Å². The van der Waals surface area contributed by atoms with Crippen LogP contribution in [0.4, 0.5) is 0 Å². The Hall–Kier alpha value is -3.05. The van der Waals surface area contributed by atoms with Crippen molar-refractivity contribution in [3.63, 3.8) is 0 Å². The highest BCUT2D eigenvalue weighted by Gasteiger charge is 2.18. The summed E-state index contributed by atoms with van der Waals surface area (Å²) in [6.07, 6.45) is 4.81. The first-order valence-electron chi connectivity index (χ1n) is 8.82. The summed E-state index contributed by atoms with van der Waals surface area (Å²) in [7, 11) is 0. The van der Waals surface area contributed by atoms with Gasteiger partial charge >= 0.3 is 0 Å². The number of halogens is 1. The molecule has 3 aromatic heterocycles. The Morgan fingerprint density at radius 1 is 1.17 bits per heavy atom. The maximum Gasteiger partial charge on any atom is 0.173 e. The van der Waals surface area contributed by atoms with Crippen molar-refractivity contribution >= 4 is 40.5 Å². The largest absolute Gasteiger partial charge is 0.293 e. The summed E-state index contributed by atoms with van der Waals surface area (Å²) in [5, 5.41) is 12.9. The first kappa shape index (κ1) is 20.2. The van der Waals surface area contributed by atoms with Gasteiger partial charge < -0.3 is 0 Å². The molecule has 0 N–H and O–H groups in total. The number of nitriles is 1. The minimum Gasteiger partial charge on any atom is -0.293 e. The number of rotatable bonds is 6. The van der Waals surface area contributed by atoms with E-state index in [-0.39, 0.29) is 11.5 Å². The van der Waals surface area contributed by atoms with Crippen molar-refractivity contribution in [2.45, 2.75) is 5.03 Å². The number of pyridine rings is 1. The normalized spacial score (nSPS) is 10.5. The molecule has 30 heavy (non-hydrogen) atoms. The summed E-state index contributed by atoms with van der Waals surface area (Å²) in [6, 6.07) is 14.7. The van der Waals surface area contributed by atoms with Crippen molar-refractivity contribution < 1.29 is 4.79 Å². The van der Waals surface area contributed by atoms with Crippen LogP contribution in [0.15, 0.2) is 71.5 Å². The molecule has 0 saturated carbocycles. The zero-order valence-electron chi connectivity index (χ0n) is 15.4. The van der Waals surface area contributed by atoms with E-state index in [0.717, 1.165) is 10.4 Å². The molecular formula is C22H13ClN4OS2. The first-order valence-corrected chi connectivity index (χ1v) is 11.1. The third kappa shape index (κ3) is 4.41. The van der Waals surface area contributed by atoms with Crippen molar-refractivity contribution in [1.29, 1.82) is 5.26 Å². The molecule has 146 valence electrons. The molecule has 1 aromatic carbocycles. The molecule has 4 rings (SSSR count). The van der Waals surface area contributed by atoms with Crippen LogP contribution >= 0.6 is 34.7 Å². The minimum atomic E-state index is -0.0649. The average Bonchev–Trinajstić information content (AvgIpc) is 3.32.